The predicted molar refractivity (Wildman–Crippen MR) is 141 cm³/mol. The van der Waals surface area contributed by atoms with E-state index in [1.54, 1.807) is 24.3 Å². The van der Waals surface area contributed by atoms with E-state index in [0.29, 0.717) is 22.9 Å². The molecule has 3 aromatic rings. The van der Waals surface area contributed by atoms with Gasteiger partial charge in [0, 0.05) is 29.7 Å². The number of benzene rings is 3. The lowest BCUT2D eigenvalue weighted by molar-refractivity contribution is -0.276. The van der Waals surface area contributed by atoms with E-state index >= 15 is 0 Å². The molecular formula is C27H25F6N3O5S. The van der Waals surface area contributed by atoms with Gasteiger partial charge in [0.2, 0.25) is 10.0 Å². The highest BCUT2D eigenvalue weighted by molar-refractivity contribution is 7.89. The van der Waals surface area contributed by atoms with Crippen molar-refractivity contribution in [3.8, 4) is 0 Å². The third-order valence-electron chi connectivity index (χ3n) is 6.66. The van der Waals surface area contributed by atoms with E-state index in [-0.39, 0.29) is 42.3 Å². The largest absolute Gasteiger partial charge is 0.435 e. The first kappa shape index (κ1) is 31.3. The topological polar surface area (TPSA) is 106 Å². The number of oxime groups is 1. The quantitative estimate of drug-likeness (QED) is 0.253. The Morgan fingerprint density at radius 3 is 2.38 bits per heavy atom. The first-order valence-electron chi connectivity index (χ1n) is 12.5. The summed E-state index contributed by atoms with van der Waals surface area (Å²) in [4.78, 5) is 17.8. The smallest absolute Gasteiger partial charge is 0.379 e. The second kappa shape index (κ2) is 11.9. The zero-order chi connectivity index (χ0) is 30.8. The average Bonchev–Trinajstić information content (AvgIpc) is 3.41. The molecule has 226 valence electrons. The molecule has 4 rings (SSSR count). The molecule has 0 aromatic heterocycles. The highest BCUT2D eigenvalue weighted by Crippen LogP contribution is 2.50. The molecule has 1 aliphatic rings. The molecular weight excluding hydrogens is 592 g/mol. The SMILES string of the molecule is CNS(=O)(=O)CCOCCNC(=O)c1ccc(C2=NOC(c3cccc(C(F)(F)F)c3)(C(F)(F)F)C2)c2ccccc12. The van der Waals surface area contributed by atoms with E-state index in [9.17, 15) is 39.6 Å². The second-order valence-corrected chi connectivity index (χ2v) is 11.4. The van der Waals surface area contributed by atoms with Crippen molar-refractivity contribution in [2.24, 2.45) is 5.16 Å². The molecule has 0 saturated heterocycles. The van der Waals surface area contributed by atoms with Crippen LogP contribution in [-0.4, -0.2) is 58.8 Å². The van der Waals surface area contributed by atoms with E-state index in [0.717, 1.165) is 12.1 Å². The maximum Gasteiger partial charge on any atom is 0.435 e. The van der Waals surface area contributed by atoms with Crippen LogP contribution in [0.3, 0.4) is 0 Å². The van der Waals surface area contributed by atoms with Crippen molar-refractivity contribution in [1.82, 2.24) is 10.0 Å². The molecule has 42 heavy (non-hydrogen) atoms. The maximum absolute atomic E-state index is 14.4. The number of fused-ring (bicyclic) bond motifs is 1. The Morgan fingerprint density at radius 2 is 1.71 bits per heavy atom. The molecule has 3 aromatic carbocycles. The van der Waals surface area contributed by atoms with Gasteiger partial charge >= 0.3 is 12.4 Å². The van der Waals surface area contributed by atoms with Gasteiger partial charge in [-0.3, -0.25) is 4.79 Å². The van der Waals surface area contributed by atoms with Crippen LogP contribution in [0.15, 0.2) is 65.8 Å². The highest BCUT2D eigenvalue weighted by atomic mass is 32.2. The lowest BCUT2D eigenvalue weighted by Crippen LogP contribution is -2.42. The molecule has 0 fully saturated rings. The van der Waals surface area contributed by atoms with Gasteiger partial charge in [0.25, 0.3) is 11.5 Å². The molecule has 2 N–H and O–H groups in total. The van der Waals surface area contributed by atoms with Gasteiger partial charge in [-0.05, 0) is 36.0 Å². The average molecular weight is 618 g/mol. The Kier molecular flexibility index (Phi) is 8.85. The monoisotopic (exact) mass is 617 g/mol. The summed E-state index contributed by atoms with van der Waals surface area (Å²) in [5.74, 6) is -0.761. The van der Waals surface area contributed by atoms with Crippen molar-refractivity contribution >= 4 is 32.4 Å². The first-order valence-corrected chi connectivity index (χ1v) is 14.1. The molecule has 0 saturated carbocycles. The van der Waals surface area contributed by atoms with Gasteiger partial charge < -0.3 is 14.9 Å². The molecule has 15 heteroatoms. The number of carbonyl (C=O) groups is 1. The number of alkyl halides is 6. The molecule has 1 amide bonds. The van der Waals surface area contributed by atoms with E-state index in [4.69, 9.17) is 9.57 Å². The fraction of sp³-hybridized carbons (Fsp3) is 0.333. The molecule has 1 atom stereocenters. The third kappa shape index (κ3) is 6.52. The molecule has 0 aliphatic carbocycles. The van der Waals surface area contributed by atoms with Gasteiger partial charge in [-0.25, -0.2) is 13.1 Å². The van der Waals surface area contributed by atoms with Crippen LogP contribution in [0.2, 0.25) is 0 Å². The first-order chi connectivity index (χ1) is 19.7. The Morgan fingerprint density at radius 1 is 1.00 bits per heavy atom. The molecule has 0 radical (unpaired) electrons. The standard InChI is InChI=1S/C27H25F6N3O5S/c1-34-42(38,39)14-13-40-12-11-35-24(37)22-10-9-21(19-7-2-3-8-20(19)22)23-16-25(41-36-23,27(31,32)33)17-5-4-6-18(15-17)26(28,29)30/h2-10,15,34H,11-14,16H2,1H3,(H,35,37). The number of amides is 1. The summed E-state index contributed by atoms with van der Waals surface area (Å²) in [6, 6.07) is 12.1. The second-order valence-electron chi connectivity index (χ2n) is 9.31. The van der Waals surface area contributed by atoms with Crippen LogP contribution in [0.25, 0.3) is 10.8 Å². The minimum atomic E-state index is -5.11. The number of hydrogen-bond donors (Lipinski definition) is 2. The normalized spacial score (nSPS) is 17.6. The fourth-order valence-corrected chi connectivity index (χ4v) is 4.99. The summed E-state index contributed by atoms with van der Waals surface area (Å²) >= 11 is 0. The van der Waals surface area contributed by atoms with Crippen LogP contribution < -0.4 is 10.0 Å². The number of carbonyl (C=O) groups excluding carboxylic acids is 1. The molecule has 0 bridgehead atoms. The van der Waals surface area contributed by atoms with Gasteiger partial charge in [0.15, 0.2) is 0 Å². The van der Waals surface area contributed by atoms with Gasteiger partial charge in [0.1, 0.15) is 0 Å². The summed E-state index contributed by atoms with van der Waals surface area (Å²) in [7, 11) is -2.15. The molecule has 0 spiro atoms. The third-order valence-corrected chi connectivity index (χ3v) is 7.99. The summed E-state index contributed by atoms with van der Waals surface area (Å²) in [6.45, 7) is 0.00508. The number of halogens is 6. The summed E-state index contributed by atoms with van der Waals surface area (Å²) in [5.41, 5.74) is -4.88. The van der Waals surface area contributed by atoms with Crippen LogP contribution in [0.5, 0.6) is 0 Å². The van der Waals surface area contributed by atoms with Gasteiger partial charge in [-0.1, -0.05) is 47.6 Å². The number of hydrogen-bond acceptors (Lipinski definition) is 6. The van der Waals surface area contributed by atoms with Crippen molar-refractivity contribution < 1.29 is 49.1 Å². The fourth-order valence-electron chi connectivity index (χ4n) is 4.45. The zero-order valence-electron chi connectivity index (χ0n) is 22.0. The predicted octanol–water partition coefficient (Wildman–Crippen LogP) is 4.74. The number of nitrogens with one attached hydrogen (secondary N) is 2. The van der Waals surface area contributed by atoms with Gasteiger partial charge in [-0.15, -0.1) is 0 Å². The van der Waals surface area contributed by atoms with E-state index < -0.39 is 51.4 Å². The Bertz CT molecular complexity index is 1610. The Labute approximate surface area is 236 Å². The van der Waals surface area contributed by atoms with Crippen molar-refractivity contribution in [1.29, 1.82) is 0 Å². The van der Waals surface area contributed by atoms with Crippen LogP contribution in [0.1, 0.15) is 33.5 Å². The lowest BCUT2D eigenvalue weighted by atomic mass is 9.84. The molecule has 1 aliphatic heterocycles. The summed E-state index contributed by atoms with van der Waals surface area (Å²) < 4.78 is 113. The minimum absolute atomic E-state index is 0.0319. The van der Waals surface area contributed by atoms with Crippen LogP contribution in [0, 0.1) is 0 Å². The molecule has 8 nitrogen and oxygen atoms in total. The van der Waals surface area contributed by atoms with Crippen molar-refractivity contribution in [2.75, 3.05) is 32.6 Å². The lowest BCUT2D eigenvalue weighted by Gasteiger charge is -2.30. The van der Waals surface area contributed by atoms with E-state index in [1.165, 1.54) is 19.2 Å². The van der Waals surface area contributed by atoms with Crippen LogP contribution in [-0.2, 0) is 31.4 Å². The van der Waals surface area contributed by atoms with Gasteiger partial charge in [0.05, 0.1) is 30.2 Å². The van der Waals surface area contributed by atoms with Crippen molar-refractivity contribution in [3.05, 3.63) is 82.9 Å². The number of nitrogens with zero attached hydrogens (tertiary/aromatic N) is 1. The number of rotatable bonds is 10. The van der Waals surface area contributed by atoms with Crippen LogP contribution in [0.4, 0.5) is 26.3 Å². The number of ether oxygens (including phenoxy) is 1. The van der Waals surface area contributed by atoms with Crippen molar-refractivity contribution in [3.63, 3.8) is 0 Å². The zero-order valence-corrected chi connectivity index (χ0v) is 22.8. The molecule has 1 unspecified atom stereocenters. The summed E-state index contributed by atoms with van der Waals surface area (Å²) in [6.07, 6.45) is -10.9. The van der Waals surface area contributed by atoms with Gasteiger partial charge in [-0.2, -0.15) is 26.3 Å². The Balaban J connectivity index is 1.56. The maximum atomic E-state index is 14.4. The Hall–Kier alpha value is -3.69. The van der Waals surface area contributed by atoms with E-state index in [1.807, 2.05) is 0 Å². The summed E-state index contributed by atoms with van der Waals surface area (Å²) in [5, 5.41) is 7.08. The highest BCUT2D eigenvalue weighted by Gasteiger charge is 2.62. The molecule has 1 heterocycles. The van der Waals surface area contributed by atoms with E-state index in [2.05, 4.69) is 15.2 Å². The minimum Gasteiger partial charge on any atom is -0.379 e. The number of sulfonamides is 1. The van der Waals surface area contributed by atoms with Crippen LogP contribution >= 0.6 is 0 Å². The van der Waals surface area contributed by atoms with Crippen molar-refractivity contribution in [2.45, 2.75) is 24.4 Å².